The molecule has 17 heavy (non-hydrogen) atoms. The molecule has 2 heterocycles. The highest BCUT2D eigenvalue weighted by atomic mass is 127. The van der Waals surface area contributed by atoms with E-state index in [4.69, 9.17) is 0 Å². The monoisotopic (exact) mass is 458 g/mol. The lowest BCUT2D eigenvalue weighted by Gasteiger charge is -1.94. The van der Waals surface area contributed by atoms with E-state index in [0.717, 1.165) is 0 Å². The number of pyridine rings is 2. The Morgan fingerprint density at radius 2 is 1.24 bits per heavy atom. The van der Waals surface area contributed by atoms with Crippen molar-refractivity contribution >= 4 is 0 Å². The van der Waals surface area contributed by atoms with Gasteiger partial charge in [0.1, 0.15) is 0 Å². The second kappa shape index (κ2) is 7.64. The number of aromatic hydroxyl groups is 2. The highest BCUT2D eigenvalue weighted by molar-refractivity contribution is 5.10. The first kappa shape index (κ1) is 16.4. The maximum Gasteiger partial charge on any atom is 0.343 e. The average Bonchev–Trinajstić information content (AvgIpc) is 2.17. The highest BCUT2D eigenvalue weighted by Crippen LogP contribution is 2.01. The maximum absolute atomic E-state index is 9.27. The molecule has 2 N–H and O–H groups in total. The van der Waals surface area contributed by atoms with Gasteiger partial charge in [-0.25, -0.2) is 0 Å². The number of aromatic nitrogens is 2. The largest absolute Gasteiger partial charge is 1.00 e. The van der Waals surface area contributed by atoms with Gasteiger partial charge in [0, 0.05) is 12.1 Å². The van der Waals surface area contributed by atoms with Gasteiger partial charge >= 0.3 is 6.67 Å². The Labute approximate surface area is 134 Å². The van der Waals surface area contributed by atoms with E-state index in [9.17, 15) is 10.2 Å². The minimum absolute atomic E-state index is 0. The van der Waals surface area contributed by atoms with E-state index < -0.39 is 0 Å². The molecule has 4 nitrogen and oxygen atoms in total. The van der Waals surface area contributed by atoms with E-state index in [1.165, 1.54) is 0 Å². The van der Waals surface area contributed by atoms with Crippen LogP contribution in [0.25, 0.3) is 0 Å². The summed E-state index contributed by atoms with van der Waals surface area (Å²) in [6.45, 7) is 0.544. The zero-order valence-electron chi connectivity index (χ0n) is 8.87. The van der Waals surface area contributed by atoms with Crippen LogP contribution in [0.2, 0.25) is 0 Å². The van der Waals surface area contributed by atoms with Gasteiger partial charge < -0.3 is 58.2 Å². The molecule has 2 aromatic heterocycles. The summed E-state index contributed by atoms with van der Waals surface area (Å²) in [5, 5.41) is 18.5. The normalized spacial score (nSPS) is 8.94. The Bertz CT molecular complexity index is 437. The second-order valence-corrected chi connectivity index (χ2v) is 3.29. The van der Waals surface area contributed by atoms with E-state index in [2.05, 4.69) is 0 Å². The number of nitrogens with zero attached hydrogens (tertiary/aromatic N) is 2. The lowest BCUT2D eigenvalue weighted by atomic mass is 10.4. The summed E-state index contributed by atoms with van der Waals surface area (Å²) in [5.41, 5.74) is 0. The molecule has 0 unspecified atom stereocenters. The summed E-state index contributed by atoms with van der Waals surface area (Å²) in [6.07, 6.45) is 6.93. The van der Waals surface area contributed by atoms with Crippen LogP contribution in [0.4, 0.5) is 0 Å². The van der Waals surface area contributed by atoms with E-state index >= 15 is 0 Å². The van der Waals surface area contributed by atoms with Crippen molar-refractivity contribution in [1.29, 1.82) is 0 Å². The van der Waals surface area contributed by atoms with Crippen LogP contribution in [-0.4, -0.2) is 10.2 Å². The van der Waals surface area contributed by atoms with Crippen molar-refractivity contribution in [2.24, 2.45) is 0 Å². The maximum atomic E-state index is 9.27. The molecule has 0 aliphatic carbocycles. The average molecular weight is 458 g/mol. The van der Waals surface area contributed by atoms with Gasteiger partial charge in [0.05, 0.1) is 0 Å². The fourth-order valence-corrected chi connectivity index (χ4v) is 1.38. The summed E-state index contributed by atoms with van der Waals surface area (Å²) >= 11 is 0. The van der Waals surface area contributed by atoms with Gasteiger partial charge in [0.15, 0.2) is 23.9 Å². The minimum atomic E-state index is 0. The van der Waals surface area contributed by atoms with Crippen molar-refractivity contribution in [3.8, 4) is 11.5 Å². The SMILES string of the molecule is Oc1ccc[n+](C[n+]2cccc(O)c2)c1.[I-].[I-]. The zero-order chi connectivity index (χ0) is 10.7. The second-order valence-electron chi connectivity index (χ2n) is 3.29. The molecule has 0 saturated heterocycles. The fourth-order valence-electron chi connectivity index (χ4n) is 1.38. The molecule has 0 saturated carbocycles. The molecule has 6 heteroatoms. The van der Waals surface area contributed by atoms with Gasteiger partial charge in [-0.3, -0.25) is 0 Å². The third-order valence-electron chi connectivity index (χ3n) is 2.01. The van der Waals surface area contributed by atoms with Crippen LogP contribution in [-0.2, 0) is 6.67 Å². The Morgan fingerprint density at radius 1 is 0.824 bits per heavy atom. The lowest BCUT2D eigenvalue weighted by Crippen LogP contribution is -3.00. The number of halogens is 2. The van der Waals surface area contributed by atoms with Crippen molar-refractivity contribution in [1.82, 2.24) is 0 Å². The van der Waals surface area contributed by atoms with Crippen molar-refractivity contribution in [2.75, 3.05) is 0 Å². The molecule has 2 rings (SSSR count). The first-order valence-electron chi connectivity index (χ1n) is 4.60. The smallest absolute Gasteiger partial charge is 0.343 e. The quantitative estimate of drug-likeness (QED) is 0.349. The summed E-state index contributed by atoms with van der Waals surface area (Å²) in [5.74, 6) is 0.441. The summed E-state index contributed by atoms with van der Waals surface area (Å²) in [6, 6.07) is 6.75. The van der Waals surface area contributed by atoms with Crippen LogP contribution in [0.15, 0.2) is 49.1 Å². The lowest BCUT2D eigenvalue weighted by molar-refractivity contribution is -0.913. The predicted molar refractivity (Wildman–Crippen MR) is 52.0 cm³/mol. The van der Waals surface area contributed by atoms with E-state index in [-0.39, 0.29) is 59.5 Å². The summed E-state index contributed by atoms with van der Waals surface area (Å²) in [4.78, 5) is 0. The molecular formula is C11H12I2N2O2. The van der Waals surface area contributed by atoms with Gasteiger partial charge in [-0.15, -0.1) is 9.13 Å². The Hall–Kier alpha value is -0.640. The molecule has 0 bridgehead atoms. The van der Waals surface area contributed by atoms with Gasteiger partial charge in [0.2, 0.25) is 12.4 Å². The Balaban J connectivity index is 0.00000128. The summed E-state index contributed by atoms with van der Waals surface area (Å²) in [7, 11) is 0. The third kappa shape index (κ3) is 5.02. The van der Waals surface area contributed by atoms with Crippen LogP contribution < -0.4 is 57.1 Å². The molecule has 0 radical (unpaired) electrons. The van der Waals surface area contributed by atoms with Crippen molar-refractivity contribution in [3.63, 3.8) is 0 Å². The molecule has 0 atom stereocenters. The first-order valence-corrected chi connectivity index (χ1v) is 4.60. The fraction of sp³-hybridized carbons (Fsp3) is 0.0909. The van der Waals surface area contributed by atoms with Crippen molar-refractivity contribution in [2.45, 2.75) is 6.67 Å². The van der Waals surface area contributed by atoms with E-state index in [1.807, 2.05) is 21.5 Å². The van der Waals surface area contributed by atoms with Crippen molar-refractivity contribution in [3.05, 3.63) is 49.1 Å². The molecular weight excluding hydrogens is 446 g/mol. The molecule has 92 valence electrons. The van der Waals surface area contributed by atoms with E-state index in [1.54, 1.807) is 36.7 Å². The Morgan fingerprint density at radius 3 is 1.59 bits per heavy atom. The first-order chi connectivity index (χ1) is 7.24. The molecule has 0 amide bonds. The van der Waals surface area contributed by atoms with E-state index in [0.29, 0.717) is 6.67 Å². The Kier molecular flexibility index (Phi) is 7.35. The number of hydrogen-bond acceptors (Lipinski definition) is 2. The molecule has 2 aromatic rings. The van der Waals surface area contributed by atoms with Crippen LogP contribution in [0.5, 0.6) is 11.5 Å². The van der Waals surface area contributed by atoms with Crippen molar-refractivity contribution < 1.29 is 67.3 Å². The molecule has 0 aliphatic rings. The van der Waals surface area contributed by atoms with Crippen LogP contribution in [0, 0.1) is 0 Å². The minimum Gasteiger partial charge on any atom is -1.00 e. The topological polar surface area (TPSA) is 48.2 Å². The number of hydrogen-bond donors (Lipinski definition) is 2. The molecule has 0 fully saturated rings. The van der Waals surface area contributed by atoms with Crippen LogP contribution in [0.3, 0.4) is 0 Å². The van der Waals surface area contributed by atoms with Gasteiger partial charge in [-0.05, 0) is 12.1 Å². The summed E-state index contributed by atoms with van der Waals surface area (Å²) < 4.78 is 3.63. The third-order valence-corrected chi connectivity index (χ3v) is 2.01. The standard InChI is InChI=1S/C11H10N2O2.2HI/c14-10-3-1-5-12(7-10)9-13-6-2-4-11(15)8-13;;/h1-8H,9H2;2*1H. The predicted octanol–water partition coefficient (Wildman–Crippen LogP) is -5.81. The van der Waals surface area contributed by atoms with Gasteiger partial charge in [0.25, 0.3) is 0 Å². The molecule has 0 aromatic carbocycles. The molecule has 0 spiro atoms. The van der Waals surface area contributed by atoms with Gasteiger partial charge in [-0.2, -0.15) is 0 Å². The number of rotatable bonds is 2. The molecule has 0 aliphatic heterocycles. The van der Waals surface area contributed by atoms with Crippen LogP contribution >= 0.6 is 0 Å². The zero-order valence-corrected chi connectivity index (χ0v) is 13.2. The van der Waals surface area contributed by atoms with Gasteiger partial charge in [-0.1, -0.05) is 0 Å². The highest BCUT2D eigenvalue weighted by Gasteiger charge is 2.08. The van der Waals surface area contributed by atoms with Crippen LogP contribution in [0.1, 0.15) is 0 Å².